The molecule has 0 N–H and O–H groups in total. The highest BCUT2D eigenvalue weighted by atomic mass is 79.9. The topological polar surface area (TPSA) is 12.4 Å². The zero-order chi connectivity index (χ0) is 11.5. The molecule has 84 valence electrons. The Morgan fingerprint density at radius 1 is 1.38 bits per heavy atom. The molecule has 0 spiro atoms. The number of halogens is 1. The molecule has 0 saturated heterocycles. The first-order chi connectivity index (χ1) is 7.69. The summed E-state index contributed by atoms with van der Waals surface area (Å²) in [4.78, 5) is 6.07. The van der Waals surface area contributed by atoms with Crippen LogP contribution in [0.15, 0.2) is 33.0 Å². The average molecular weight is 314 g/mol. The van der Waals surface area contributed by atoms with E-state index in [9.17, 15) is 0 Å². The maximum atomic E-state index is 4.67. The molecule has 0 fully saturated rings. The minimum absolute atomic E-state index is 1.06. The van der Waals surface area contributed by atoms with Crippen LogP contribution < -0.4 is 3.98 Å². The third-order valence-electron chi connectivity index (χ3n) is 2.23. The van der Waals surface area contributed by atoms with Gasteiger partial charge < -0.3 is 0 Å². The summed E-state index contributed by atoms with van der Waals surface area (Å²) in [6.07, 6.45) is 1.09. The molecule has 1 nitrogen and oxygen atoms in total. The van der Waals surface area contributed by atoms with Crippen LogP contribution in [-0.4, -0.2) is 0 Å². The van der Waals surface area contributed by atoms with Gasteiger partial charge in [0.15, 0.2) is 3.98 Å². The van der Waals surface area contributed by atoms with Gasteiger partial charge in [-0.15, -0.1) is 22.7 Å². The largest absolute Gasteiger partial charge is 0.227 e. The van der Waals surface area contributed by atoms with Gasteiger partial charge in [0.25, 0.3) is 0 Å². The fraction of sp³-hybridized carbons (Fsp3) is 0.250. The third-order valence-corrected chi connectivity index (χ3v) is 5.04. The highest BCUT2D eigenvalue weighted by Gasteiger charge is 1.98. The fourth-order valence-electron chi connectivity index (χ4n) is 1.32. The second-order valence-electron chi connectivity index (χ2n) is 3.47. The van der Waals surface area contributed by atoms with E-state index in [1.165, 1.54) is 10.4 Å². The van der Waals surface area contributed by atoms with E-state index in [0.29, 0.717) is 0 Å². The van der Waals surface area contributed by atoms with Crippen molar-refractivity contribution in [1.82, 2.24) is 0 Å². The Balaban J connectivity index is 2.42. The van der Waals surface area contributed by atoms with Crippen molar-refractivity contribution in [2.75, 3.05) is 0 Å². The van der Waals surface area contributed by atoms with Crippen LogP contribution in [0, 0.1) is 6.92 Å². The van der Waals surface area contributed by atoms with Crippen LogP contribution in [0.2, 0.25) is 0 Å². The summed E-state index contributed by atoms with van der Waals surface area (Å²) in [6, 6.07) is 6.18. The van der Waals surface area contributed by atoms with Crippen LogP contribution >= 0.6 is 38.6 Å². The number of nitrogens with zero attached hydrogens (tertiary/aromatic N) is 1. The standard InChI is InChI=1S/C12H12BrNS2/c1-3-10-7-15-12(16-10)14-11-5-4-9(13)6-8(11)2/h4-7H,3H2,1-2H3/b14-12+. The lowest BCUT2D eigenvalue weighted by molar-refractivity contribution is 1.19. The second-order valence-corrected chi connectivity index (χ2v) is 6.61. The van der Waals surface area contributed by atoms with Crippen molar-refractivity contribution in [1.29, 1.82) is 0 Å². The first-order valence-electron chi connectivity index (χ1n) is 5.07. The van der Waals surface area contributed by atoms with E-state index >= 15 is 0 Å². The normalized spacial score (nSPS) is 12.1. The minimum Gasteiger partial charge on any atom is -0.227 e. The van der Waals surface area contributed by atoms with E-state index in [2.05, 4.69) is 52.3 Å². The van der Waals surface area contributed by atoms with Gasteiger partial charge in [-0.05, 0) is 37.1 Å². The molecule has 2 rings (SSSR count). The molecule has 0 amide bonds. The molecule has 0 aliphatic carbocycles. The summed E-state index contributed by atoms with van der Waals surface area (Å²) in [6.45, 7) is 4.26. The molecular weight excluding hydrogens is 302 g/mol. The van der Waals surface area contributed by atoms with Crippen molar-refractivity contribution >= 4 is 44.3 Å². The highest BCUT2D eigenvalue weighted by molar-refractivity contribution is 9.10. The smallest absolute Gasteiger partial charge is 0.171 e. The van der Waals surface area contributed by atoms with E-state index in [4.69, 9.17) is 0 Å². The lowest BCUT2D eigenvalue weighted by Crippen LogP contribution is -1.86. The molecule has 0 saturated carbocycles. The molecule has 1 aromatic heterocycles. The summed E-state index contributed by atoms with van der Waals surface area (Å²) in [5.74, 6) is 0. The van der Waals surface area contributed by atoms with Crippen molar-refractivity contribution in [3.8, 4) is 0 Å². The van der Waals surface area contributed by atoms with Gasteiger partial charge in [-0.3, -0.25) is 0 Å². The van der Waals surface area contributed by atoms with Gasteiger partial charge in [0.2, 0.25) is 0 Å². The molecule has 0 aliphatic rings. The number of hydrogen-bond donors (Lipinski definition) is 0. The van der Waals surface area contributed by atoms with Crippen LogP contribution in [0.1, 0.15) is 17.4 Å². The zero-order valence-corrected chi connectivity index (χ0v) is 12.4. The van der Waals surface area contributed by atoms with Gasteiger partial charge in [0.05, 0.1) is 5.69 Å². The number of aryl methyl sites for hydroxylation is 2. The van der Waals surface area contributed by atoms with E-state index < -0.39 is 0 Å². The maximum absolute atomic E-state index is 4.67. The van der Waals surface area contributed by atoms with Gasteiger partial charge in [-0.1, -0.05) is 22.9 Å². The quantitative estimate of drug-likeness (QED) is 0.763. The van der Waals surface area contributed by atoms with Crippen molar-refractivity contribution in [2.45, 2.75) is 20.3 Å². The van der Waals surface area contributed by atoms with Gasteiger partial charge in [-0.2, -0.15) is 0 Å². The summed E-state index contributed by atoms with van der Waals surface area (Å²) in [7, 11) is 0. The van der Waals surface area contributed by atoms with Crippen LogP contribution in [0.3, 0.4) is 0 Å². The molecular formula is C12H12BrNS2. The number of hydrogen-bond acceptors (Lipinski definition) is 3. The lowest BCUT2D eigenvalue weighted by atomic mass is 10.2. The Hall–Kier alpha value is -0.450. The van der Waals surface area contributed by atoms with Crippen molar-refractivity contribution in [2.24, 2.45) is 4.99 Å². The Morgan fingerprint density at radius 2 is 2.19 bits per heavy atom. The SMILES string of the molecule is CCc1cs/c(=N\c2ccc(Br)cc2C)s1. The van der Waals surface area contributed by atoms with Gasteiger partial charge in [0.1, 0.15) is 0 Å². The maximum Gasteiger partial charge on any atom is 0.171 e. The van der Waals surface area contributed by atoms with Crippen molar-refractivity contribution in [3.05, 3.63) is 42.5 Å². The average Bonchev–Trinajstić information content (AvgIpc) is 2.70. The lowest BCUT2D eigenvalue weighted by Gasteiger charge is -1.98. The van der Waals surface area contributed by atoms with E-state index in [0.717, 1.165) is 20.6 Å². The second kappa shape index (κ2) is 5.25. The van der Waals surface area contributed by atoms with E-state index in [1.54, 1.807) is 22.7 Å². The number of benzene rings is 1. The molecule has 0 aliphatic heterocycles. The predicted octanol–water partition coefficient (Wildman–Crippen LogP) is 4.68. The highest BCUT2D eigenvalue weighted by Crippen LogP contribution is 2.22. The predicted molar refractivity (Wildman–Crippen MR) is 75.7 cm³/mol. The third kappa shape index (κ3) is 2.81. The number of rotatable bonds is 2. The molecule has 1 aromatic carbocycles. The Morgan fingerprint density at radius 3 is 2.81 bits per heavy atom. The Labute approximate surface area is 112 Å². The molecule has 4 heteroatoms. The molecule has 0 atom stereocenters. The van der Waals surface area contributed by atoms with Crippen molar-refractivity contribution < 1.29 is 0 Å². The molecule has 1 heterocycles. The monoisotopic (exact) mass is 313 g/mol. The fourth-order valence-corrected chi connectivity index (χ4v) is 3.86. The molecule has 0 bridgehead atoms. The summed E-state index contributed by atoms with van der Waals surface area (Å²) >= 11 is 6.96. The molecule has 0 unspecified atom stereocenters. The van der Waals surface area contributed by atoms with Crippen molar-refractivity contribution in [3.63, 3.8) is 0 Å². The van der Waals surface area contributed by atoms with E-state index in [-0.39, 0.29) is 0 Å². The summed E-state index contributed by atoms with van der Waals surface area (Å²) in [5, 5.41) is 2.19. The van der Waals surface area contributed by atoms with Crippen LogP contribution in [-0.2, 0) is 6.42 Å². The van der Waals surface area contributed by atoms with Gasteiger partial charge in [-0.25, -0.2) is 4.99 Å². The molecule has 16 heavy (non-hydrogen) atoms. The minimum atomic E-state index is 1.06. The summed E-state index contributed by atoms with van der Waals surface area (Å²) in [5.41, 5.74) is 2.26. The van der Waals surface area contributed by atoms with Crippen LogP contribution in [0.4, 0.5) is 5.69 Å². The van der Waals surface area contributed by atoms with E-state index in [1.807, 2.05) is 6.07 Å². The first kappa shape index (κ1) is 12.0. The van der Waals surface area contributed by atoms with Crippen LogP contribution in [0.5, 0.6) is 0 Å². The van der Waals surface area contributed by atoms with Gasteiger partial charge in [0, 0.05) is 14.7 Å². The summed E-state index contributed by atoms with van der Waals surface area (Å²) < 4.78 is 2.23. The first-order valence-corrected chi connectivity index (χ1v) is 7.56. The van der Waals surface area contributed by atoms with Gasteiger partial charge >= 0.3 is 0 Å². The Bertz CT molecular complexity index is 554. The Kier molecular flexibility index (Phi) is 3.95. The molecule has 2 aromatic rings. The molecule has 0 radical (unpaired) electrons. The van der Waals surface area contributed by atoms with Crippen LogP contribution in [0.25, 0.3) is 0 Å². The zero-order valence-electron chi connectivity index (χ0n) is 9.16.